The van der Waals surface area contributed by atoms with Gasteiger partial charge in [0.25, 0.3) is 0 Å². The van der Waals surface area contributed by atoms with E-state index in [2.05, 4.69) is 20.3 Å². The van der Waals surface area contributed by atoms with Crippen molar-refractivity contribution in [2.24, 2.45) is 5.41 Å². The Kier molecular flexibility index (Phi) is 4.08. The molecule has 8 nitrogen and oxygen atoms in total. The number of aliphatic hydroxyl groups is 1. The first-order valence-corrected chi connectivity index (χ1v) is 6.61. The van der Waals surface area contributed by atoms with Gasteiger partial charge in [-0.3, -0.25) is 10.1 Å². The van der Waals surface area contributed by atoms with Crippen LogP contribution >= 0.6 is 0 Å². The molecule has 1 aromatic carbocycles. The molecule has 1 aromatic heterocycles. The molecule has 0 amide bonds. The van der Waals surface area contributed by atoms with E-state index in [1.165, 1.54) is 6.07 Å². The van der Waals surface area contributed by atoms with Crippen molar-refractivity contribution in [2.45, 2.75) is 33.2 Å². The van der Waals surface area contributed by atoms with E-state index in [1.54, 1.807) is 6.07 Å². The Bertz CT molecular complexity index is 647. The molecule has 21 heavy (non-hydrogen) atoms. The summed E-state index contributed by atoms with van der Waals surface area (Å²) < 4.78 is 4.63. The second kappa shape index (κ2) is 5.65. The summed E-state index contributed by atoms with van der Waals surface area (Å²) in [4.78, 5) is 10.4. The highest BCUT2D eigenvalue weighted by Gasteiger charge is 2.26. The highest BCUT2D eigenvalue weighted by Crippen LogP contribution is 2.32. The van der Waals surface area contributed by atoms with E-state index in [0.29, 0.717) is 17.6 Å². The average molecular weight is 294 g/mol. The van der Waals surface area contributed by atoms with Crippen molar-refractivity contribution in [3.8, 4) is 0 Å². The van der Waals surface area contributed by atoms with Gasteiger partial charge < -0.3 is 10.4 Å². The van der Waals surface area contributed by atoms with E-state index in [-0.39, 0.29) is 29.3 Å². The van der Waals surface area contributed by atoms with Crippen LogP contribution < -0.4 is 5.32 Å². The molecule has 1 unspecified atom stereocenters. The molecule has 114 valence electrons. The van der Waals surface area contributed by atoms with Crippen LogP contribution in [0.15, 0.2) is 16.8 Å². The van der Waals surface area contributed by atoms with Gasteiger partial charge in [0, 0.05) is 18.7 Å². The highest BCUT2D eigenvalue weighted by molar-refractivity contribution is 5.93. The van der Waals surface area contributed by atoms with Gasteiger partial charge in [0.15, 0.2) is 5.52 Å². The molecule has 1 atom stereocenters. The van der Waals surface area contributed by atoms with E-state index >= 15 is 0 Å². The molecule has 8 heteroatoms. The smallest absolute Gasteiger partial charge is 0.300 e. The van der Waals surface area contributed by atoms with E-state index in [1.807, 2.05) is 20.8 Å². The monoisotopic (exact) mass is 294 g/mol. The lowest BCUT2D eigenvalue weighted by atomic mass is 9.84. The number of aliphatic hydroxyl groups excluding tert-OH is 1. The maximum absolute atomic E-state index is 11.0. The minimum Gasteiger partial charge on any atom is -0.396 e. The number of nitrogens with one attached hydrogen (secondary N) is 1. The van der Waals surface area contributed by atoms with Gasteiger partial charge in [-0.1, -0.05) is 20.8 Å². The largest absolute Gasteiger partial charge is 0.396 e. The van der Waals surface area contributed by atoms with Crippen molar-refractivity contribution in [3.63, 3.8) is 0 Å². The fourth-order valence-electron chi connectivity index (χ4n) is 2.16. The van der Waals surface area contributed by atoms with Crippen LogP contribution in [0.25, 0.3) is 11.0 Å². The lowest BCUT2D eigenvalue weighted by Crippen LogP contribution is -2.34. The van der Waals surface area contributed by atoms with Gasteiger partial charge >= 0.3 is 5.69 Å². The lowest BCUT2D eigenvalue weighted by molar-refractivity contribution is -0.383. The number of aromatic nitrogens is 2. The number of fused-ring (bicyclic) bond motifs is 1. The third kappa shape index (κ3) is 3.10. The SMILES string of the molecule is CC(C)(C)C(CCO)Nc1ccc([N+](=O)[O-])c2nonc12. The van der Waals surface area contributed by atoms with Crippen LogP contribution in [-0.4, -0.2) is 33.0 Å². The summed E-state index contributed by atoms with van der Waals surface area (Å²) in [6, 6.07) is 2.93. The van der Waals surface area contributed by atoms with Crippen LogP contribution in [0, 0.1) is 15.5 Å². The van der Waals surface area contributed by atoms with Crippen LogP contribution in [-0.2, 0) is 0 Å². The molecule has 2 rings (SSSR count). The van der Waals surface area contributed by atoms with Crippen LogP contribution in [0.5, 0.6) is 0 Å². The standard InChI is InChI=1S/C13H18N4O4/c1-13(2,3)10(6-7-18)14-8-4-5-9(17(19)20)12-11(8)15-21-16-12/h4-5,10,14,18H,6-7H2,1-3H3. The second-order valence-electron chi connectivity index (χ2n) is 5.93. The number of nitrogens with zero attached hydrogens (tertiary/aromatic N) is 3. The Hall–Kier alpha value is -2.22. The Morgan fingerprint density at radius 2 is 2.05 bits per heavy atom. The number of benzene rings is 1. The zero-order valence-electron chi connectivity index (χ0n) is 12.2. The fourth-order valence-corrected chi connectivity index (χ4v) is 2.16. The summed E-state index contributed by atoms with van der Waals surface area (Å²) in [5, 5.41) is 30.8. The number of rotatable bonds is 5. The zero-order chi connectivity index (χ0) is 15.6. The minimum atomic E-state index is -0.523. The first-order valence-electron chi connectivity index (χ1n) is 6.61. The van der Waals surface area contributed by atoms with Crippen molar-refractivity contribution in [3.05, 3.63) is 22.2 Å². The first-order chi connectivity index (χ1) is 9.84. The third-order valence-corrected chi connectivity index (χ3v) is 3.38. The predicted molar refractivity (Wildman–Crippen MR) is 77.0 cm³/mol. The predicted octanol–water partition coefficient (Wildman–Crippen LogP) is 2.34. The Balaban J connectivity index is 2.41. The number of anilines is 1. The van der Waals surface area contributed by atoms with E-state index in [0.717, 1.165) is 0 Å². The van der Waals surface area contributed by atoms with Gasteiger partial charge in [-0.2, -0.15) is 0 Å². The molecule has 2 N–H and O–H groups in total. The summed E-state index contributed by atoms with van der Waals surface area (Å²) in [5.41, 5.74) is 0.781. The summed E-state index contributed by atoms with van der Waals surface area (Å²) in [6.45, 7) is 6.18. The molecule has 1 heterocycles. The van der Waals surface area contributed by atoms with Crippen LogP contribution in [0.2, 0.25) is 0 Å². The maximum atomic E-state index is 11.0. The minimum absolute atomic E-state index is 0.0242. The number of nitro benzene ring substituents is 1. The second-order valence-corrected chi connectivity index (χ2v) is 5.93. The fraction of sp³-hybridized carbons (Fsp3) is 0.538. The molecule has 0 saturated carbocycles. The highest BCUT2D eigenvalue weighted by atomic mass is 16.6. The Morgan fingerprint density at radius 3 is 2.62 bits per heavy atom. The van der Waals surface area contributed by atoms with E-state index in [9.17, 15) is 15.2 Å². The maximum Gasteiger partial charge on any atom is 0.300 e. The van der Waals surface area contributed by atoms with E-state index < -0.39 is 4.92 Å². The quantitative estimate of drug-likeness (QED) is 0.642. The van der Waals surface area contributed by atoms with Crippen LogP contribution in [0.1, 0.15) is 27.2 Å². The molecule has 0 spiro atoms. The number of hydrogen-bond acceptors (Lipinski definition) is 7. The van der Waals surface area contributed by atoms with E-state index in [4.69, 9.17) is 0 Å². The molecule has 0 aliphatic rings. The van der Waals surface area contributed by atoms with Gasteiger partial charge in [-0.25, -0.2) is 4.63 Å². The lowest BCUT2D eigenvalue weighted by Gasteiger charge is -2.32. The first kappa shape index (κ1) is 15.2. The summed E-state index contributed by atoms with van der Waals surface area (Å²) >= 11 is 0. The van der Waals surface area contributed by atoms with Gasteiger partial charge in [-0.15, -0.1) is 0 Å². The molecule has 0 saturated heterocycles. The average Bonchev–Trinajstić information content (AvgIpc) is 2.86. The Labute approximate surface area is 121 Å². The zero-order valence-corrected chi connectivity index (χ0v) is 12.2. The van der Waals surface area contributed by atoms with Crippen LogP contribution in [0.3, 0.4) is 0 Å². The molecular formula is C13H18N4O4. The summed E-state index contributed by atoms with van der Waals surface area (Å²) in [6.07, 6.45) is 0.549. The number of nitro groups is 1. The number of hydrogen-bond donors (Lipinski definition) is 2. The topological polar surface area (TPSA) is 114 Å². The van der Waals surface area contributed by atoms with Gasteiger partial charge in [-0.05, 0) is 28.2 Å². The van der Waals surface area contributed by atoms with Gasteiger partial charge in [0.2, 0.25) is 5.52 Å². The molecular weight excluding hydrogens is 276 g/mol. The third-order valence-electron chi connectivity index (χ3n) is 3.38. The van der Waals surface area contributed by atoms with Crippen molar-refractivity contribution < 1.29 is 14.7 Å². The van der Waals surface area contributed by atoms with Crippen molar-refractivity contribution in [1.29, 1.82) is 0 Å². The van der Waals surface area contributed by atoms with Gasteiger partial charge in [0.1, 0.15) is 0 Å². The molecule has 0 bridgehead atoms. The Morgan fingerprint density at radius 1 is 1.38 bits per heavy atom. The molecule has 0 aliphatic carbocycles. The molecule has 2 aromatic rings. The van der Waals surface area contributed by atoms with Crippen molar-refractivity contribution >= 4 is 22.4 Å². The van der Waals surface area contributed by atoms with Crippen molar-refractivity contribution in [2.75, 3.05) is 11.9 Å². The molecule has 0 fully saturated rings. The van der Waals surface area contributed by atoms with Gasteiger partial charge in [0.05, 0.1) is 10.6 Å². The van der Waals surface area contributed by atoms with Crippen molar-refractivity contribution in [1.82, 2.24) is 10.3 Å². The summed E-state index contributed by atoms with van der Waals surface area (Å²) in [5.74, 6) is 0. The number of non-ortho nitro benzene ring substituents is 1. The molecule has 0 radical (unpaired) electrons. The molecule has 0 aliphatic heterocycles. The normalized spacial score (nSPS) is 13.3. The van der Waals surface area contributed by atoms with Crippen LogP contribution in [0.4, 0.5) is 11.4 Å². The summed E-state index contributed by atoms with van der Waals surface area (Å²) in [7, 11) is 0.